The molecule has 0 aliphatic rings. The van der Waals surface area contributed by atoms with Crippen LogP contribution in [0.4, 0.5) is 5.95 Å². The van der Waals surface area contributed by atoms with Crippen LogP contribution in [-0.4, -0.2) is 9.55 Å². The first-order valence-electron chi connectivity index (χ1n) is 6.07. The van der Waals surface area contributed by atoms with E-state index in [1.54, 1.807) is 0 Å². The van der Waals surface area contributed by atoms with Crippen LogP contribution in [0.25, 0.3) is 16.7 Å². The number of imidazole rings is 1. The Bertz CT molecular complexity index is 754. The number of benzene rings is 2. The highest BCUT2D eigenvalue weighted by molar-refractivity contribution is 6.31. The first-order valence-corrected chi connectivity index (χ1v) is 6.44. The zero-order valence-electron chi connectivity index (χ0n) is 10.8. The lowest BCUT2D eigenvalue weighted by atomic mass is 10.1. The standard InChI is InChI=1S/C15H14ClN3/c1-9-5-10(2)7-12(6-9)19-14-4-3-11(16)8-13(14)18-15(19)17/h3-8H,1-2H3,(H2,17,18). The van der Waals surface area contributed by atoms with Crippen LogP contribution in [0.3, 0.4) is 0 Å². The van der Waals surface area contributed by atoms with E-state index in [1.807, 2.05) is 22.8 Å². The molecule has 3 rings (SSSR count). The molecule has 1 aromatic heterocycles. The number of aromatic nitrogens is 2. The summed E-state index contributed by atoms with van der Waals surface area (Å²) in [5.41, 5.74) is 11.2. The second kappa shape index (κ2) is 4.28. The average molecular weight is 272 g/mol. The molecule has 0 fully saturated rings. The Hall–Kier alpha value is -2.00. The Morgan fingerprint density at radius 2 is 1.74 bits per heavy atom. The molecule has 1 heterocycles. The number of nitrogen functional groups attached to an aromatic ring is 1. The third kappa shape index (κ3) is 2.06. The first-order chi connectivity index (χ1) is 9.04. The number of fused-ring (bicyclic) bond motifs is 1. The molecule has 0 saturated heterocycles. The van der Waals surface area contributed by atoms with Gasteiger partial charge in [-0.1, -0.05) is 17.7 Å². The zero-order chi connectivity index (χ0) is 13.6. The van der Waals surface area contributed by atoms with Gasteiger partial charge in [0, 0.05) is 10.7 Å². The summed E-state index contributed by atoms with van der Waals surface area (Å²) >= 11 is 5.99. The normalized spacial score (nSPS) is 11.1. The summed E-state index contributed by atoms with van der Waals surface area (Å²) in [4.78, 5) is 4.37. The number of aryl methyl sites for hydroxylation is 2. The number of nitrogens with two attached hydrogens (primary N) is 1. The highest BCUT2D eigenvalue weighted by atomic mass is 35.5. The van der Waals surface area contributed by atoms with Crippen molar-refractivity contribution in [3.05, 3.63) is 52.5 Å². The molecule has 0 bridgehead atoms. The molecule has 0 radical (unpaired) electrons. The van der Waals surface area contributed by atoms with E-state index >= 15 is 0 Å². The number of anilines is 1. The predicted molar refractivity (Wildman–Crippen MR) is 80.0 cm³/mol. The van der Waals surface area contributed by atoms with Crippen LogP contribution < -0.4 is 5.73 Å². The minimum Gasteiger partial charge on any atom is -0.369 e. The molecule has 96 valence electrons. The molecule has 4 heteroatoms. The van der Waals surface area contributed by atoms with Crippen molar-refractivity contribution in [1.29, 1.82) is 0 Å². The van der Waals surface area contributed by atoms with E-state index in [0.717, 1.165) is 16.7 Å². The summed E-state index contributed by atoms with van der Waals surface area (Å²) in [5, 5.41) is 0.664. The molecule has 0 atom stereocenters. The van der Waals surface area contributed by atoms with Gasteiger partial charge in [-0.05, 0) is 55.3 Å². The van der Waals surface area contributed by atoms with Gasteiger partial charge in [0.1, 0.15) is 0 Å². The maximum absolute atomic E-state index is 6.04. The number of nitrogens with zero attached hydrogens (tertiary/aromatic N) is 2. The van der Waals surface area contributed by atoms with Gasteiger partial charge in [0.05, 0.1) is 11.0 Å². The van der Waals surface area contributed by atoms with Crippen molar-refractivity contribution in [2.75, 3.05) is 5.73 Å². The molecule has 0 aliphatic heterocycles. The first kappa shape index (κ1) is 12.1. The molecule has 19 heavy (non-hydrogen) atoms. The van der Waals surface area contributed by atoms with E-state index in [1.165, 1.54) is 11.1 Å². The number of halogens is 1. The van der Waals surface area contributed by atoms with Crippen LogP contribution in [0, 0.1) is 13.8 Å². The van der Waals surface area contributed by atoms with Gasteiger partial charge in [0.15, 0.2) is 0 Å². The Morgan fingerprint density at radius 1 is 1.05 bits per heavy atom. The van der Waals surface area contributed by atoms with Crippen molar-refractivity contribution >= 4 is 28.6 Å². The summed E-state index contributed by atoms with van der Waals surface area (Å²) < 4.78 is 1.95. The van der Waals surface area contributed by atoms with E-state index in [-0.39, 0.29) is 0 Å². The lowest BCUT2D eigenvalue weighted by molar-refractivity contribution is 1.10. The van der Waals surface area contributed by atoms with E-state index in [9.17, 15) is 0 Å². The topological polar surface area (TPSA) is 43.8 Å². The molecule has 2 N–H and O–H groups in total. The van der Waals surface area contributed by atoms with Crippen molar-refractivity contribution in [3.8, 4) is 5.69 Å². The third-order valence-corrected chi connectivity index (χ3v) is 3.34. The number of rotatable bonds is 1. The fourth-order valence-electron chi connectivity index (χ4n) is 2.42. The van der Waals surface area contributed by atoms with Crippen molar-refractivity contribution in [2.24, 2.45) is 0 Å². The molecule has 3 nitrogen and oxygen atoms in total. The number of hydrogen-bond donors (Lipinski definition) is 1. The average Bonchev–Trinajstić information content (AvgIpc) is 2.62. The van der Waals surface area contributed by atoms with Gasteiger partial charge >= 0.3 is 0 Å². The van der Waals surface area contributed by atoms with Crippen LogP contribution in [0.1, 0.15) is 11.1 Å². The van der Waals surface area contributed by atoms with E-state index in [4.69, 9.17) is 17.3 Å². The van der Waals surface area contributed by atoms with Crippen LogP contribution in [-0.2, 0) is 0 Å². The Morgan fingerprint density at radius 3 is 2.42 bits per heavy atom. The highest BCUT2D eigenvalue weighted by Gasteiger charge is 2.10. The SMILES string of the molecule is Cc1cc(C)cc(-n2c(N)nc3cc(Cl)ccc32)c1. The summed E-state index contributed by atoms with van der Waals surface area (Å²) in [5.74, 6) is 0.474. The van der Waals surface area contributed by atoms with E-state index in [0.29, 0.717) is 11.0 Å². The fourth-order valence-corrected chi connectivity index (χ4v) is 2.59. The summed E-state index contributed by atoms with van der Waals surface area (Å²) in [6, 6.07) is 11.9. The second-order valence-electron chi connectivity index (χ2n) is 4.78. The summed E-state index contributed by atoms with van der Waals surface area (Å²) in [6.45, 7) is 4.14. The van der Waals surface area contributed by atoms with Crippen LogP contribution in [0.2, 0.25) is 5.02 Å². The minimum atomic E-state index is 0.474. The van der Waals surface area contributed by atoms with Gasteiger partial charge in [0.2, 0.25) is 5.95 Å². The van der Waals surface area contributed by atoms with Gasteiger partial charge in [-0.25, -0.2) is 4.98 Å². The van der Waals surface area contributed by atoms with Crippen molar-refractivity contribution < 1.29 is 0 Å². The molecule has 0 spiro atoms. The Labute approximate surface area is 116 Å². The quantitative estimate of drug-likeness (QED) is 0.730. The van der Waals surface area contributed by atoms with Crippen molar-refractivity contribution in [3.63, 3.8) is 0 Å². The van der Waals surface area contributed by atoms with Gasteiger partial charge in [-0.3, -0.25) is 4.57 Å². The fraction of sp³-hybridized carbons (Fsp3) is 0.133. The van der Waals surface area contributed by atoms with Gasteiger partial charge in [0.25, 0.3) is 0 Å². The zero-order valence-corrected chi connectivity index (χ0v) is 11.6. The molecular weight excluding hydrogens is 258 g/mol. The molecule has 0 amide bonds. The highest BCUT2D eigenvalue weighted by Crippen LogP contribution is 2.26. The lowest BCUT2D eigenvalue weighted by Gasteiger charge is -2.09. The van der Waals surface area contributed by atoms with Gasteiger partial charge < -0.3 is 5.73 Å². The molecular formula is C15H14ClN3. The molecule has 0 aliphatic carbocycles. The van der Waals surface area contributed by atoms with Crippen molar-refractivity contribution in [2.45, 2.75) is 13.8 Å². The van der Waals surface area contributed by atoms with Gasteiger partial charge in [-0.15, -0.1) is 0 Å². The lowest BCUT2D eigenvalue weighted by Crippen LogP contribution is -2.01. The van der Waals surface area contributed by atoms with Crippen LogP contribution in [0.5, 0.6) is 0 Å². The molecule has 0 unspecified atom stereocenters. The molecule has 3 aromatic rings. The number of hydrogen-bond acceptors (Lipinski definition) is 2. The predicted octanol–water partition coefficient (Wildman–Crippen LogP) is 3.88. The monoisotopic (exact) mass is 271 g/mol. The van der Waals surface area contributed by atoms with Gasteiger partial charge in [-0.2, -0.15) is 0 Å². The molecule has 0 saturated carbocycles. The third-order valence-electron chi connectivity index (χ3n) is 3.11. The van der Waals surface area contributed by atoms with E-state index < -0.39 is 0 Å². The van der Waals surface area contributed by atoms with E-state index in [2.05, 4.69) is 37.0 Å². The summed E-state index contributed by atoms with van der Waals surface area (Å²) in [6.07, 6.45) is 0. The smallest absolute Gasteiger partial charge is 0.205 e. The van der Waals surface area contributed by atoms with Crippen molar-refractivity contribution in [1.82, 2.24) is 9.55 Å². The van der Waals surface area contributed by atoms with Crippen LogP contribution >= 0.6 is 11.6 Å². The Kier molecular flexibility index (Phi) is 2.72. The second-order valence-corrected chi connectivity index (χ2v) is 5.22. The maximum atomic E-state index is 6.04. The van der Waals surface area contributed by atoms with Crippen LogP contribution in [0.15, 0.2) is 36.4 Å². The largest absolute Gasteiger partial charge is 0.369 e. The molecule has 2 aromatic carbocycles. The maximum Gasteiger partial charge on any atom is 0.205 e. The summed E-state index contributed by atoms with van der Waals surface area (Å²) in [7, 11) is 0. The minimum absolute atomic E-state index is 0.474. The Balaban J connectivity index is 2.32.